The third kappa shape index (κ3) is 2.65. The summed E-state index contributed by atoms with van der Waals surface area (Å²) in [6.45, 7) is 4.35. The number of hydrogen-bond acceptors (Lipinski definition) is 2. The Morgan fingerprint density at radius 3 is 2.39 bits per heavy atom. The van der Waals surface area contributed by atoms with Gasteiger partial charge < -0.3 is 9.64 Å². The normalized spacial score (nSPS) is 10.4. The summed E-state index contributed by atoms with van der Waals surface area (Å²) in [5.74, 6) is 0.876. The zero-order valence-electron chi connectivity index (χ0n) is 11.1. The lowest BCUT2D eigenvalue weighted by Crippen LogP contribution is -2.25. The minimum absolute atomic E-state index is 0.375. The smallest absolute Gasteiger partial charge is 0.120 e. The first-order chi connectivity index (χ1) is 8.72. The van der Waals surface area contributed by atoms with Crippen molar-refractivity contribution in [1.29, 1.82) is 0 Å². The summed E-state index contributed by atoms with van der Waals surface area (Å²) >= 11 is 0. The third-order valence-electron chi connectivity index (χ3n) is 2.83. The molecule has 93 valence electrons. The molecule has 0 aliphatic heterocycles. The van der Waals surface area contributed by atoms with Crippen molar-refractivity contribution in [2.24, 2.45) is 0 Å². The van der Waals surface area contributed by atoms with E-state index in [0.717, 1.165) is 17.1 Å². The van der Waals surface area contributed by atoms with Gasteiger partial charge in [0.15, 0.2) is 0 Å². The van der Waals surface area contributed by atoms with Crippen LogP contribution in [-0.2, 0) is 0 Å². The van der Waals surface area contributed by atoms with Crippen LogP contribution in [0.4, 0.5) is 11.4 Å². The van der Waals surface area contributed by atoms with Crippen molar-refractivity contribution < 1.29 is 4.74 Å². The fourth-order valence-corrected chi connectivity index (χ4v) is 2.04. The van der Waals surface area contributed by atoms with Gasteiger partial charge in [0, 0.05) is 23.5 Å². The average molecular weight is 240 g/mol. The molecule has 0 N–H and O–H groups in total. The molecule has 2 nitrogen and oxygen atoms in total. The molecule has 0 heterocycles. The molecule has 0 saturated carbocycles. The Morgan fingerprint density at radius 1 is 1.06 bits per heavy atom. The van der Waals surface area contributed by atoms with E-state index in [2.05, 4.69) is 49.1 Å². The Bertz CT molecular complexity index is 493. The Morgan fingerprint density at radius 2 is 1.78 bits per heavy atom. The van der Waals surface area contributed by atoms with E-state index in [0.29, 0.717) is 6.04 Å². The first kappa shape index (κ1) is 12.5. The number of ether oxygens (including phenoxy) is 1. The highest BCUT2D eigenvalue weighted by Gasteiger charge is 2.13. The van der Waals surface area contributed by atoms with E-state index in [-0.39, 0.29) is 0 Å². The van der Waals surface area contributed by atoms with Crippen molar-refractivity contribution >= 4 is 11.4 Å². The summed E-state index contributed by atoms with van der Waals surface area (Å²) in [5, 5.41) is 0. The Balaban J connectivity index is 2.42. The predicted octanol–water partition coefficient (Wildman–Crippen LogP) is 4.04. The van der Waals surface area contributed by atoms with Crippen LogP contribution in [0.25, 0.3) is 0 Å². The Kier molecular flexibility index (Phi) is 3.88. The summed E-state index contributed by atoms with van der Waals surface area (Å²) in [5.41, 5.74) is 2.30. The molecule has 2 heteroatoms. The number of hydrogen-bond donors (Lipinski definition) is 0. The zero-order chi connectivity index (χ0) is 13.0. The minimum Gasteiger partial charge on any atom is -0.497 e. The number of nitrogens with zero attached hydrogens (tertiary/aromatic N) is 1. The van der Waals surface area contributed by atoms with E-state index in [1.165, 1.54) is 0 Å². The van der Waals surface area contributed by atoms with Crippen LogP contribution in [0.1, 0.15) is 13.8 Å². The average Bonchev–Trinajstić information content (AvgIpc) is 2.40. The van der Waals surface area contributed by atoms with Gasteiger partial charge in [0.25, 0.3) is 0 Å². The van der Waals surface area contributed by atoms with Gasteiger partial charge in [-0.3, -0.25) is 0 Å². The second kappa shape index (κ2) is 5.58. The largest absolute Gasteiger partial charge is 0.497 e. The molecule has 0 aliphatic carbocycles. The van der Waals surface area contributed by atoms with Gasteiger partial charge in [-0.15, -0.1) is 0 Å². The van der Waals surface area contributed by atoms with Crippen molar-refractivity contribution in [3.05, 3.63) is 54.6 Å². The van der Waals surface area contributed by atoms with E-state index in [9.17, 15) is 0 Å². The highest BCUT2D eigenvalue weighted by atomic mass is 16.5. The molecular weight excluding hydrogens is 222 g/mol. The van der Waals surface area contributed by atoms with Crippen molar-refractivity contribution in [3.63, 3.8) is 0 Å². The topological polar surface area (TPSA) is 12.5 Å². The number of rotatable bonds is 4. The van der Waals surface area contributed by atoms with Gasteiger partial charge in [-0.2, -0.15) is 0 Å². The fraction of sp³-hybridized carbons (Fsp3) is 0.250. The Labute approximate surface area is 109 Å². The first-order valence-electron chi connectivity index (χ1n) is 6.12. The molecule has 0 fully saturated rings. The van der Waals surface area contributed by atoms with E-state index in [4.69, 9.17) is 4.74 Å². The molecule has 0 spiro atoms. The first-order valence-corrected chi connectivity index (χ1v) is 6.12. The van der Waals surface area contributed by atoms with Crippen molar-refractivity contribution in [3.8, 4) is 5.75 Å². The molecule has 0 amide bonds. The van der Waals surface area contributed by atoms with Gasteiger partial charge in [0.05, 0.1) is 7.11 Å². The van der Waals surface area contributed by atoms with Gasteiger partial charge >= 0.3 is 0 Å². The lowest BCUT2D eigenvalue weighted by atomic mass is 10.2. The molecule has 0 atom stereocenters. The molecule has 1 radical (unpaired) electrons. The number of benzene rings is 2. The van der Waals surface area contributed by atoms with Crippen LogP contribution >= 0.6 is 0 Å². The quantitative estimate of drug-likeness (QED) is 0.799. The summed E-state index contributed by atoms with van der Waals surface area (Å²) in [7, 11) is 1.69. The molecular formula is C16H18NO. The maximum atomic E-state index is 5.29. The van der Waals surface area contributed by atoms with Crippen molar-refractivity contribution in [1.82, 2.24) is 0 Å². The maximum Gasteiger partial charge on any atom is 0.120 e. The van der Waals surface area contributed by atoms with Crippen molar-refractivity contribution in [2.45, 2.75) is 19.9 Å². The zero-order valence-corrected chi connectivity index (χ0v) is 11.1. The summed E-state index contributed by atoms with van der Waals surface area (Å²) < 4.78 is 5.29. The lowest BCUT2D eigenvalue weighted by molar-refractivity contribution is 0.415. The van der Waals surface area contributed by atoms with Crippen LogP contribution in [0.5, 0.6) is 5.75 Å². The van der Waals surface area contributed by atoms with Gasteiger partial charge in [-0.25, -0.2) is 0 Å². The van der Waals surface area contributed by atoms with Crippen LogP contribution in [0.2, 0.25) is 0 Å². The van der Waals surface area contributed by atoms with Gasteiger partial charge in [0.1, 0.15) is 5.75 Å². The minimum atomic E-state index is 0.375. The monoisotopic (exact) mass is 240 g/mol. The molecule has 0 aromatic heterocycles. The lowest BCUT2D eigenvalue weighted by Gasteiger charge is -2.29. The van der Waals surface area contributed by atoms with Gasteiger partial charge in [0.2, 0.25) is 0 Å². The van der Waals surface area contributed by atoms with E-state index >= 15 is 0 Å². The summed E-state index contributed by atoms with van der Waals surface area (Å²) in [6, 6.07) is 19.6. The molecule has 0 unspecified atom stereocenters. The van der Waals surface area contributed by atoms with Crippen LogP contribution in [-0.4, -0.2) is 13.2 Å². The summed E-state index contributed by atoms with van der Waals surface area (Å²) in [4.78, 5) is 2.27. The van der Waals surface area contributed by atoms with Crippen LogP contribution in [0.3, 0.4) is 0 Å². The maximum absolute atomic E-state index is 5.29. The molecule has 2 aromatic carbocycles. The fourth-order valence-electron chi connectivity index (χ4n) is 2.04. The molecule has 2 aromatic rings. The number of anilines is 2. The van der Waals surface area contributed by atoms with Crippen LogP contribution in [0, 0.1) is 6.07 Å². The second-order valence-corrected chi connectivity index (χ2v) is 4.42. The second-order valence-electron chi connectivity index (χ2n) is 4.42. The molecule has 0 saturated heterocycles. The van der Waals surface area contributed by atoms with Crippen molar-refractivity contribution in [2.75, 3.05) is 12.0 Å². The third-order valence-corrected chi connectivity index (χ3v) is 2.83. The molecule has 18 heavy (non-hydrogen) atoms. The Hall–Kier alpha value is -1.96. The summed E-state index contributed by atoms with van der Waals surface area (Å²) in [6.07, 6.45) is 0. The van der Waals surface area contributed by atoms with Gasteiger partial charge in [-0.05, 0) is 44.2 Å². The standard InChI is InChI=1S/C16H18NO/c1-13(2)17(14-8-5-4-6-9-14)15-10-7-11-16(12-15)18-3/h5-13H,1-3H3. The molecule has 2 rings (SSSR count). The SMILES string of the molecule is COc1cccc(N(c2cc[c]cc2)C(C)C)c1. The van der Waals surface area contributed by atoms with E-state index < -0.39 is 0 Å². The highest BCUT2D eigenvalue weighted by Crippen LogP contribution is 2.29. The number of methoxy groups -OCH3 is 1. The van der Waals surface area contributed by atoms with E-state index in [1.54, 1.807) is 7.11 Å². The van der Waals surface area contributed by atoms with Crippen LogP contribution < -0.4 is 9.64 Å². The predicted molar refractivity (Wildman–Crippen MR) is 75.5 cm³/mol. The molecule has 0 bridgehead atoms. The highest BCUT2D eigenvalue weighted by molar-refractivity contribution is 5.65. The van der Waals surface area contributed by atoms with Gasteiger partial charge in [-0.1, -0.05) is 18.2 Å². The molecule has 0 aliphatic rings. The van der Waals surface area contributed by atoms with E-state index in [1.807, 2.05) is 24.3 Å². The van der Waals surface area contributed by atoms with Crippen LogP contribution in [0.15, 0.2) is 48.5 Å².